The van der Waals surface area contributed by atoms with Crippen molar-refractivity contribution < 1.29 is 22.8 Å². The molecular formula is C12H26O5Si. The van der Waals surface area contributed by atoms with Gasteiger partial charge in [-0.05, 0) is 27.7 Å². The van der Waals surface area contributed by atoms with Crippen LogP contribution in [0.15, 0.2) is 0 Å². The van der Waals surface area contributed by atoms with Crippen molar-refractivity contribution in [3.63, 3.8) is 0 Å². The third-order valence-corrected chi connectivity index (χ3v) is 5.25. The van der Waals surface area contributed by atoms with Crippen molar-refractivity contribution in [1.29, 1.82) is 0 Å². The van der Waals surface area contributed by atoms with E-state index in [-0.39, 0.29) is 18.3 Å². The third kappa shape index (κ3) is 5.77. The molecule has 1 aliphatic rings. The first-order chi connectivity index (χ1) is 8.50. The Balaban J connectivity index is 2.34. The van der Waals surface area contributed by atoms with Crippen molar-refractivity contribution in [3.05, 3.63) is 0 Å². The molecule has 0 saturated carbocycles. The Bertz CT molecular complexity index is 229. The monoisotopic (exact) mass is 278 g/mol. The molecule has 18 heavy (non-hydrogen) atoms. The molecular weight excluding hydrogens is 252 g/mol. The fourth-order valence-corrected chi connectivity index (χ4v) is 3.76. The maximum atomic E-state index is 5.96. The summed E-state index contributed by atoms with van der Waals surface area (Å²) in [6.45, 7) is 12.4. The molecule has 0 aliphatic carbocycles. The number of hydrogen-bond acceptors (Lipinski definition) is 5. The van der Waals surface area contributed by atoms with E-state index in [9.17, 15) is 0 Å². The summed E-state index contributed by atoms with van der Waals surface area (Å²) in [5.41, 5.74) is 0. The van der Waals surface area contributed by atoms with E-state index < -0.39 is 8.80 Å². The summed E-state index contributed by atoms with van der Waals surface area (Å²) < 4.78 is 28.0. The Hall–Kier alpha value is 0.0169. The molecule has 0 bridgehead atoms. The number of rotatable bonds is 10. The number of hydrogen-bond donors (Lipinski definition) is 0. The van der Waals surface area contributed by atoms with Crippen LogP contribution in [-0.2, 0) is 22.8 Å². The van der Waals surface area contributed by atoms with Crippen LogP contribution in [0, 0.1) is 0 Å². The highest BCUT2D eigenvalue weighted by molar-refractivity contribution is 6.59. The van der Waals surface area contributed by atoms with Crippen LogP contribution in [0.2, 0.25) is 6.55 Å². The molecule has 0 aromatic carbocycles. The van der Waals surface area contributed by atoms with Crippen molar-refractivity contribution in [2.24, 2.45) is 0 Å². The Kier molecular flexibility index (Phi) is 6.76. The van der Waals surface area contributed by atoms with E-state index in [2.05, 4.69) is 0 Å². The van der Waals surface area contributed by atoms with Gasteiger partial charge in [0.1, 0.15) is 6.10 Å². The quantitative estimate of drug-likeness (QED) is 0.451. The number of epoxide rings is 1. The molecule has 108 valence electrons. The summed E-state index contributed by atoms with van der Waals surface area (Å²) in [4.78, 5) is 0. The highest BCUT2D eigenvalue weighted by atomic mass is 28.4. The van der Waals surface area contributed by atoms with Gasteiger partial charge >= 0.3 is 8.80 Å². The van der Waals surface area contributed by atoms with Gasteiger partial charge in [0.15, 0.2) is 0 Å². The summed E-state index contributed by atoms with van der Waals surface area (Å²) in [6, 6.07) is 0. The highest BCUT2D eigenvalue weighted by Gasteiger charge is 2.37. The van der Waals surface area contributed by atoms with Gasteiger partial charge in [-0.15, -0.1) is 0 Å². The second-order valence-electron chi connectivity index (χ2n) is 4.55. The molecule has 6 heteroatoms. The lowest BCUT2D eigenvalue weighted by molar-refractivity contribution is -0.0465. The minimum Gasteiger partial charge on any atom is -0.374 e. The minimum atomic E-state index is -2.53. The average Bonchev–Trinajstić information content (AvgIpc) is 3.09. The molecule has 1 saturated heterocycles. The molecule has 3 atom stereocenters. The third-order valence-electron chi connectivity index (χ3n) is 2.82. The first kappa shape index (κ1) is 16.1. The predicted molar refractivity (Wildman–Crippen MR) is 70.6 cm³/mol. The maximum Gasteiger partial charge on any atom is 0.497 e. The van der Waals surface area contributed by atoms with Crippen LogP contribution in [0.5, 0.6) is 0 Å². The van der Waals surface area contributed by atoms with Gasteiger partial charge in [-0.2, -0.15) is 0 Å². The molecule has 0 aromatic rings. The summed E-state index contributed by atoms with van der Waals surface area (Å²) in [5.74, 6) is 0. The molecule has 1 aliphatic heterocycles. The topological polar surface area (TPSA) is 49.5 Å². The Morgan fingerprint density at radius 2 is 1.72 bits per heavy atom. The average molecular weight is 278 g/mol. The Morgan fingerprint density at radius 3 is 2.17 bits per heavy atom. The largest absolute Gasteiger partial charge is 0.497 e. The summed E-state index contributed by atoms with van der Waals surface area (Å²) in [7, 11) is -2.53. The Labute approximate surface area is 111 Å². The predicted octanol–water partition coefficient (Wildman–Crippen LogP) is 1.84. The smallest absolute Gasteiger partial charge is 0.374 e. The van der Waals surface area contributed by atoms with Gasteiger partial charge in [-0.25, -0.2) is 0 Å². The van der Waals surface area contributed by atoms with E-state index in [1.807, 2.05) is 34.2 Å². The van der Waals surface area contributed by atoms with E-state index in [0.717, 1.165) is 6.61 Å². The first-order valence-electron chi connectivity index (χ1n) is 6.69. The number of ether oxygens (including phenoxy) is 2. The van der Waals surface area contributed by atoms with Gasteiger partial charge in [-0.3, -0.25) is 0 Å². The molecule has 1 heterocycles. The van der Waals surface area contributed by atoms with Crippen LogP contribution < -0.4 is 0 Å². The van der Waals surface area contributed by atoms with Crippen LogP contribution in [0.25, 0.3) is 0 Å². The zero-order chi connectivity index (χ0) is 13.6. The molecule has 0 spiro atoms. The van der Waals surface area contributed by atoms with Gasteiger partial charge < -0.3 is 22.8 Å². The fourth-order valence-electron chi connectivity index (χ4n) is 1.63. The van der Waals surface area contributed by atoms with Gasteiger partial charge in [0.05, 0.1) is 25.4 Å². The molecule has 3 unspecified atom stereocenters. The summed E-state index contributed by atoms with van der Waals surface area (Å²) >= 11 is 0. The van der Waals surface area contributed by atoms with Gasteiger partial charge in [0, 0.05) is 19.8 Å². The van der Waals surface area contributed by atoms with Crippen molar-refractivity contribution >= 4 is 8.80 Å². The van der Waals surface area contributed by atoms with Crippen LogP contribution in [0.3, 0.4) is 0 Å². The Morgan fingerprint density at radius 1 is 1.17 bits per heavy atom. The lowest BCUT2D eigenvalue weighted by Crippen LogP contribution is -2.47. The van der Waals surface area contributed by atoms with Crippen molar-refractivity contribution in [2.45, 2.75) is 52.6 Å². The summed E-state index contributed by atoms with van der Waals surface area (Å²) in [5, 5.41) is 0. The second kappa shape index (κ2) is 7.57. The summed E-state index contributed by atoms with van der Waals surface area (Å²) in [6.07, 6.45) is 0.225. The van der Waals surface area contributed by atoms with E-state index in [1.54, 1.807) is 0 Å². The molecule has 1 rings (SSSR count). The van der Waals surface area contributed by atoms with Gasteiger partial charge in [0.25, 0.3) is 0 Å². The lowest BCUT2D eigenvalue weighted by atomic mass is 10.2. The molecule has 0 amide bonds. The van der Waals surface area contributed by atoms with E-state index in [1.165, 1.54) is 0 Å². The minimum absolute atomic E-state index is 0.00179. The normalized spacial score (nSPS) is 22.8. The SMILES string of the molecule is CCO[Si](C)(OCC)OC(C)C(C)OCC1CO1. The fraction of sp³-hybridized carbons (Fsp3) is 1.00. The lowest BCUT2D eigenvalue weighted by Gasteiger charge is -2.31. The molecule has 0 aromatic heterocycles. The van der Waals surface area contributed by atoms with Crippen LogP contribution in [0.1, 0.15) is 27.7 Å². The van der Waals surface area contributed by atoms with Crippen LogP contribution in [-0.4, -0.2) is 53.5 Å². The zero-order valence-corrected chi connectivity index (χ0v) is 13.1. The second-order valence-corrected chi connectivity index (χ2v) is 7.08. The van der Waals surface area contributed by atoms with Crippen LogP contribution in [0.4, 0.5) is 0 Å². The van der Waals surface area contributed by atoms with Crippen molar-refractivity contribution in [2.75, 3.05) is 26.4 Å². The van der Waals surface area contributed by atoms with Gasteiger partial charge in [0.2, 0.25) is 0 Å². The highest BCUT2D eigenvalue weighted by Crippen LogP contribution is 2.17. The van der Waals surface area contributed by atoms with E-state index >= 15 is 0 Å². The maximum absolute atomic E-state index is 5.96. The van der Waals surface area contributed by atoms with Crippen molar-refractivity contribution in [3.8, 4) is 0 Å². The van der Waals surface area contributed by atoms with E-state index in [0.29, 0.717) is 19.8 Å². The van der Waals surface area contributed by atoms with Crippen molar-refractivity contribution in [1.82, 2.24) is 0 Å². The van der Waals surface area contributed by atoms with Gasteiger partial charge in [-0.1, -0.05) is 0 Å². The molecule has 1 fully saturated rings. The first-order valence-corrected chi connectivity index (χ1v) is 8.92. The molecule has 0 radical (unpaired) electrons. The van der Waals surface area contributed by atoms with E-state index in [4.69, 9.17) is 22.8 Å². The standard InChI is InChI=1S/C12H26O5Si/c1-6-15-18(5,16-7-2)17-11(4)10(3)13-8-12-9-14-12/h10-12H,6-9H2,1-5H3. The zero-order valence-electron chi connectivity index (χ0n) is 12.1. The molecule has 5 nitrogen and oxygen atoms in total. The molecule has 0 N–H and O–H groups in total. The van der Waals surface area contributed by atoms with Crippen LogP contribution >= 0.6 is 0 Å².